The number of rotatable bonds is 5. The van der Waals surface area contributed by atoms with Crippen LogP contribution >= 0.6 is 12.2 Å². The van der Waals surface area contributed by atoms with Crippen molar-refractivity contribution in [3.63, 3.8) is 0 Å². The van der Waals surface area contributed by atoms with Gasteiger partial charge in [-0.25, -0.2) is 30.8 Å². The summed E-state index contributed by atoms with van der Waals surface area (Å²) in [5, 5.41) is 3.13. The number of carbonyl (C=O) groups excluding carboxylic acids is 1. The van der Waals surface area contributed by atoms with Gasteiger partial charge in [-0.15, -0.1) is 0 Å². The van der Waals surface area contributed by atoms with Gasteiger partial charge in [-0.2, -0.15) is 0 Å². The van der Waals surface area contributed by atoms with Gasteiger partial charge in [0.2, 0.25) is 0 Å². The summed E-state index contributed by atoms with van der Waals surface area (Å²) in [5.41, 5.74) is -0.575. The lowest BCUT2D eigenvalue weighted by molar-refractivity contribution is 0.142. The predicted octanol–water partition coefficient (Wildman–Crippen LogP) is 2.18. The fourth-order valence-corrected chi connectivity index (χ4v) is 3.84. The van der Waals surface area contributed by atoms with Gasteiger partial charge >= 0.3 is 6.09 Å². The molecule has 2 heterocycles. The average Bonchev–Trinajstić information content (AvgIpc) is 3.01. The van der Waals surface area contributed by atoms with Gasteiger partial charge in [0.25, 0.3) is 6.43 Å². The second kappa shape index (κ2) is 8.14. The summed E-state index contributed by atoms with van der Waals surface area (Å²) < 4.78 is 81.7. The molecule has 1 N–H and O–H groups in total. The number of nitrogens with one attached hydrogen (secondary N) is 1. The summed E-state index contributed by atoms with van der Waals surface area (Å²) >= 11 is 4.43. The molecule has 1 atom stereocenters. The summed E-state index contributed by atoms with van der Waals surface area (Å²) in [6, 6.07) is 1.83. The summed E-state index contributed by atoms with van der Waals surface area (Å²) in [6.07, 6.45) is -3.53. The molecule has 1 saturated heterocycles. The Balaban J connectivity index is 1.75. The molecule has 0 aliphatic carbocycles. The summed E-state index contributed by atoms with van der Waals surface area (Å²) in [6.45, 7) is -0.436. The Bertz CT molecular complexity index is 948. The molecule has 13 heteroatoms. The van der Waals surface area contributed by atoms with Crippen molar-refractivity contribution >= 4 is 44.5 Å². The number of halogens is 4. The molecule has 0 spiro atoms. The molecule has 2 aliphatic heterocycles. The Morgan fingerprint density at radius 1 is 1.31 bits per heavy atom. The van der Waals surface area contributed by atoms with Gasteiger partial charge in [0.1, 0.15) is 16.8 Å². The Hall–Kier alpha value is -2.41. The smallest absolute Gasteiger partial charge is 0.414 e. The third-order valence-electron chi connectivity index (χ3n) is 4.24. The van der Waals surface area contributed by atoms with Crippen LogP contribution in [0.25, 0.3) is 0 Å². The Morgan fingerprint density at radius 3 is 2.52 bits per heavy atom. The van der Waals surface area contributed by atoms with Gasteiger partial charge in [0, 0.05) is 30.3 Å². The van der Waals surface area contributed by atoms with Crippen LogP contribution in [0.4, 0.5) is 33.7 Å². The molecule has 3 rings (SSSR count). The number of cyclic esters (lactones) is 1. The third-order valence-corrected chi connectivity index (χ3v) is 5.85. The number of anilines is 2. The molecule has 0 aromatic heterocycles. The van der Waals surface area contributed by atoms with E-state index in [1.165, 1.54) is 0 Å². The molecule has 0 unspecified atom stereocenters. The molecule has 29 heavy (non-hydrogen) atoms. The number of hydrogen-bond acceptors (Lipinski definition) is 6. The highest BCUT2D eigenvalue weighted by Crippen LogP contribution is 2.32. The molecule has 0 radical (unpaired) electrons. The maximum atomic E-state index is 14.6. The summed E-state index contributed by atoms with van der Waals surface area (Å²) in [4.78, 5) is 13.4. The molecule has 1 fully saturated rings. The molecule has 0 saturated carbocycles. The number of sulfone groups is 1. The number of amides is 1. The van der Waals surface area contributed by atoms with Crippen molar-refractivity contribution in [1.29, 1.82) is 0 Å². The van der Waals surface area contributed by atoms with E-state index in [2.05, 4.69) is 17.5 Å². The van der Waals surface area contributed by atoms with Crippen LogP contribution in [-0.4, -0.2) is 57.4 Å². The van der Waals surface area contributed by atoms with Crippen molar-refractivity contribution in [2.45, 2.75) is 12.5 Å². The maximum absolute atomic E-state index is 14.6. The predicted molar refractivity (Wildman–Crippen MR) is 101 cm³/mol. The molecule has 1 aromatic rings. The topological polar surface area (TPSA) is 79.0 Å². The average molecular weight is 453 g/mol. The number of alkyl halides is 2. The van der Waals surface area contributed by atoms with Crippen molar-refractivity contribution in [2.24, 2.45) is 0 Å². The van der Waals surface area contributed by atoms with Gasteiger partial charge in [0.15, 0.2) is 21.5 Å². The fourth-order valence-electron chi connectivity index (χ4n) is 2.83. The zero-order chi connectivity index (χ0) is 21.3. The van der Waals surface area contributed by atoms with Crippen molar-refractivity contribution < 1.29 is 35.5 Å². The van der Waals surface area contributed by atoms with Gasteiger partial charge in [0.05, 0.1) is 24.5 Å². The highest BCUT2D eigenvalue weighted by molar-refractivity contribution is 7.94. The van der Waals surface area contributed by atoms with E-state index in [-0.39, 0.29) is 31.1 Å². The van der Waals surface area contributed by atoms with E-state index in [1.54, 1.807) is 0 Å². The lowest BCUT2D eigenvalue weighted by Gasteiger charge is -2.25. The van der Waals surface area contributed by atoms with E-state index in [9.17, 15) is 30.8 Å². The van der Waals surface area contributed by atoms with Crippen LogP contribution in [0.15, 0.2) is 23.7 Å². The number of hydrogen-bond donors (Lipinski definition) is 1. The molecule has 2 aliphatic rings. The molecule has 158 valence electrons. The second-order valence-electron chi connectivity index (χ2n) is 6.27. The van der Waals surface area contributed by atoms with Crippen LogP contribution in [0, 0.1) is 11.6 Å². The molecular formula is C16H15F4N3O4S2. The highest BCUT2D eigenvalue weighted by Gasteiger charge is 2.34. The lowest BCUT2D eigenvalue weighted by Crippen LogP contribution is -2.36. The first-order chi connectivity index (χ1) is 13.6. The molecule has 1 aromatic carbocycles. The van der Waals surface area contributed by atoms with Gasteiger partial charge in [-0.05, 0) is 0 Å². The minimum absolute atomic E-state index is 0.124. The van der Waals surface area contributed by atoms with E-state index in [0.717, 1.165) is 33.5 Å². The Labute approximate surface area is 168 Å². The fraction of sp³-hybridized carbons (Fsp3) is 0.375. The molecule has 1 amide bonds. The molecular weight excluding hydrogens is 438 g/mol. The first kappa shape index (κ1) is 21.3. The van der Waals surface area contributed by atoms with Gasteiger partial charge in [-0.3, -0.25) is 4.90 Å². The summed E-state index contributed by atoms with van der Waals surface area (Å²) in [7, 11) is -3.40. The standard InChI is InChI=1S/C16H15F4N3O4S2/c17-11-5-9(6-12(18)13(11)22-1-3-29(25,26)4-2-22)23-8-10(27-16(23)24)7-21-15(28)14(19)20/h1,3,5-6,10,14H,2,4,7-8H2,(H,21,28)/t10-/m0/s1. The number of ether oxygens (including phenoxy) is 1. The zero-order valence-electron chi connectivity index (χ0n) is 14.6. The van der Waals surface area contributed by atoms with Gasteiger partial charge in [-0.1, -0.05) is 12.2 Å². The van der Waals surface area contributed by atoms with Crippen LogP contribution in [0.5, 0.6) is 0 Å². The lowest BCUT2D eigenvalue weighted by atomic mass is 10.2. The van der Waals surface area contributed by atoms with Crippen LogP contribution in [0.3, 0.4) is 0 Å². The highest BCUT2D eigenvalue weighted by atomic mass is 32.2. The normalized spacial score (nSPS) is 20.9. The van der Waals surface area contributed by atoms with Crippen molar-refractivity contribution in [1.82, 2.24) is 5.32 Å². The van der Waals surface area contributed by atoms with E-state index >= 15 is 0 Å². The van der Waals surface area contributed by atoms with Crippen LogP contribution < -0.4 is 15.1 Å². The van der Waals surface area contributed by atoms with Crippen LogP contribution in [0.2, 0.25) is 0 Å². The minimum Gasteiger partial charge on any atom is -0.442 e. The van der Waals surface area contributed by atoms with Crippen LogP contribution in [-0.2, 0) is 14.6 Å². The van der Waals surface area contributed by atoms with Crippen molar-refractivity contribution in [2.75, 3.05) is 35.2 Å². The molecule has 0 bridgehead atoms. The Morgan fingerprint density at radius 2 is 1.97 bits per heavy atom. The van der Waals surface area contributed by atoms with Crippen molar-refractivity contribution in [3.05, 3.63) is 35.4 Å². The van der Waals surface area contributed by atoms with E-state index in [0.29, 0.717) is 0 Å². The minimum atomic E-state index is -3.40. The zero-order valence-corrected chi connectivity index (χ0v) is 16.3. The Kier molecular flexibility index (Phi) is 5.98. The number of nitrogens with zero attached hydrogens (tertiary/aromatic N) is 2. The molecule has 7 nitrogen and oxygen atoms in total. The van der Waals surface area contributed by atoms with E-state index in [1.807, 2.05) is 0 Å². The van der Waals surface area contributed by atoms with Gasteiger partial charge < -0.3 is 15.0 Å². The van der Waals surface area contributed by atoms with E-state index in [4.69, 9.17) is 4.74 Å². The van der Waals surface area contributed by atoms with Crippen LogP contribution in [0.1, 0.15) is 0 Å². The number of carbonyl (C=O) groups is 1. The third kappa shape index (κ3) is 4.78. The quantitative estimate of drug-likeness (QED) is 0.541. The first-order valence-corrected chi connectivity index (χ1v) is 10.4. The SMILES string of the molecule is O=C1O[C@@H](CNC(=S)C(F)F)CN1c1cc(F)c(N2C=CS(=O)(=O)CC2)c(F)c1. The summed E-state index contributed by atoms with van der Waals surface area (Å²) in [5.74, 6) is -2.30. The number of benzene rings is 1. The first-order valence-electron chi connectivity index (χ1n) is 8.28. The largest absolute Gasteiger partial charge is 0.442 e. The van der Waals surface area contributed by atoms with Crippen molar-refractivity contribution in [3.8, 4) is 0 Å². The van der Waals surface area contributed by atoms with E-state index < -0.39 is 50.8 Å². The second-order valence-corrected chi connectivity index (χ2v) is 8.71. The number of thiocarbonyl (C=S) groups is 1. The maximum Gasteiger partial charge on any atom is 0.414 e. The monoisotopic (exact) mass is 453 g/mol.